The van der Waals surface area contributed by atoms with Crippen molar-refractivity contribution in [1.29, 1.82) is 0 Å². The van der Waals surface area contributed by atoms with Crippen molar-refractivity contribution in [1.82, 2.24) is 0 Å². The first-order chi connectivity index (χ1) is 0. The van der Waals surface area contributed by atoms with E-state index in [1.54, 1.807) is 0 Å². The van der Waals surface area contributed by atoms with E-state index < -0.39 is 0 Å². The molecule has 0 N–H and O–H groups in total. The first-order valence-corrected chi connectivity index (χ1v) is 0. The van der Waals surface area contributed by atoms with Crippen molar-refractivity contribution in [3.05, 3.63) is 0 Å². The predicted molar refractivity (Wildman–Crippen MR) is 2.75 cm³/mol. The van der Waals surface area contributed by atoms with Gasteiger partial charge in [0.1, 0.15) is 0 Å². The van der Waals surface area contributed by atoms with Gasteiger partial charge >= 0.3 is 55.3 Å². The molecule has 0 saturated heterocycles. The van der Waals surface area contributed by atoms with E-state index in [9.17, 15) is 0 Å². The van der Waals surface area contributed by atoms with Gasteiger partial charge in [0.15, 0.2) is 0 Å². The van der Waals surface area contributed by atoms with Crippen molar-refractivity contribution >= 4 is 0 Å². The standard InChI is InChI=1S/Mn.Ni.4O.Ti/q2*+2;4*-2;+4. The molecule has 0 bridgehead atoms. The van der Waals surface area contributed by atoms with Gasteiger partial charge in [-0.05, 0) is 0 Å². The van der Waals surface area contributed by atoms with Crippen LogP contribution in [0.3, 0.4) is 0 Å². The van der Waals surface area contributed by atoms with Gasteiger partial charge in [0.05, 0.1) is 0 Å². The summed E-state index contributed by atoms with van der Waals surface area (Å²) >= 11 is 0. The van der Waals surface area contributed by atoms with Gasteiger partial charge in [-0.3, -0.25) is 0 Å². The van der Waals surface area contributed by atoms with Crippen LogP contribution in [-0.2, 0) is 77.2 Å². The van der Waals surface area contributed by atoms with E-state index in [2.05, 4.69) is 0 Å². The first-order valence-electron chi connectivity index (χ1n) is 0. The maximum Gasteiger partial charge on any atom is 4.00 e. The SMILES string of the molecule is [Mn+2].[Ni+2].[O-2].[O-2].[O-2].[O-2].[Ti+4]. The van der Waals surface area contributed by atoms with Crippen LogP contribution in [0.1, 0.15) is 0 Å². The molecular formula is MnNiO4Ti. The van der Waals surface area contributed by atoms with Gasteiger partial charge in [0.2, 0.25) is 0 Å². The van der Waals surface area contributed by atoms with E-state index in [4.69, 9.17) is 0 Å². The summed E-state index contributed by atoms with van der Waals surface area (Å²) in [6.45, 7) is 0. The molecule has 0 amide bonds. The fraction of sp³-hybridized carbons (Fsp3) is 0. The molecule has 0 atom stereocenters. The third-order valence-corrected chi connectivity index (χ3v) is 0. The van der Waals surface area contributed by atoms with Crippen molar-refractivity contribution in [3.8, 4) is 0 Å². The molecule has 0 spiro atoms. The van der Waals surface area contributed by atoms with E-state index in [1.165, 1.54) is 0 Å². The quantitative estimate of drug-likeness (QED) is 0.495. The minimum atomic E-state index is 0. The Morgan fingerprint density at radius 2 is 0.571 bits per heavy atom. The molecule has 0 fully saturated rings. The Morgan fingerprint density at radius 3 is 0.571 bits per heavy atom. The van der Waals surface area contributed by atoms with Crippen molar-refractivity contribution in [3.63, 3.8) is 0 Å². The second-order valence-electron chi connectivity index (χ2n) is 0. The Balaban J connectivity index is 0. The molecule has 0 saturated carbocycles. The molecule has 0 aromatic rings. The van der Waals surface area contributed by atoms with Crippen LogP contribution in [0.15, 0.2) is 0 Å². The second kappa shape index (κ2) is 133. The Bertz CT molecular complexity index is 11.7. The maximum absolute atomic E-state index is 0. The van der Waals surface area contributed by atoms with Crippen LogP contribution >= 0.6 is 0 Å². The molecule has 0 rings (SSSR count). The number of hydrogen-bond acceptors (Lipinski definition) is 0. The third-order valence-electron chi connectivity index (χ3n) is 0. The normalized spacial score (nSPS) is 0. The zero-order valence-corrected chi connectivity index (χ0v) is 6.56. The summed E-state index contributed by atoms with van der Waals surface area (Å²) in [7, 11) is 0. The van der Waals surface area contributed by atoms with E-state index in [0.29, 0.717) is 0 Å². The second-order valence-corrected chi connectivity index (χ2v) is 0. The van der Waals surface area contributed by atoms with Gasteiger partial charge in [-0.15, -0.1) is 0 Å². The third kappa shape index (κ3) is 95.5. The summed E-state index contributed by atoms with van der Waals surface area (Å²) < 4.78 is 0. The molecule has 0 aromatic carbocycles. The van der Waals surface area contributed by atoms with Gasteiger partial charge in [-0.2, -0.15) is 0 Å². The van der Waals surface area contributed by atoms with Crippen LogP contribution < -0.4 is 0 Å². The zero-order chi connectivity index (χ0) is 0. The Kier molecular flexibility index (Phi) is 3790. The summed E-state index contributed by atoms with van der Waals surface area (Å²) in [5.41, 5.74) is 0. The van der Waals surface area contributed by atoms with Crippen LogP contribution in [-0.4, -0.2) is 0 Å². The minimum absolute atomic E-state index is 0. The Morgan fingerprint density at radius 1 is 0.571 bits per heavy atom. The first kappa shape index (κ1) is 200. The van der Waals surface area contributed by atoms with E-state index in [0.717, 1.165) is 0 Å². The maximum atomic E-state index is 0. The molecule has 7 heavy (non-hydrogen) atoms. The molecule has 0 aliphatic rings. The summed E-state index contributed by atoms with van der Waals surface area (Å²) in [6.07, 6.45) is 0. The molecule has 0 heterocycles. The van der Waals surface area contributed by atoms with Gasteiger partial charge in [0.25, 0.3) is 0 Å². The van der Waals surface area contributed by atoms with Crippen LogP contribution in [0.5, 0.6) is 0 Å². The van der Waals surface area contributed by atoms with Crippen molar-refractivity contribution in [2.24, 2.45) is 0 Å². The van der Waals surface area contributed by atoms with Gasteiger partial charge in [0, 0.05) is 0 Å². The minimum Gasteiger partial charge on any atom is -2.00 e. The zero-order valence-electron chi connectivity index (χ0n) is 2.83. The molecule has 0 aliphatic heterocycles. The van der Waals surface area contributed by atoms with Crippen LogP contribution in [0.25, 0.3) is 0 Å². The number of hydrogen-bond donors (Lipinski definition) is 0. The average Bonchev–Trinajstić information content (AvgIpc) is 0. The molecule has 0 unspecified atom stereocenters. The fourth-order valence-electron chi connectivity index (χ4n) is 0. The smallest absolute Gasteiger partial charge is 2.00 e. The van der Waals surface area contributed by atoms with Crippen molar-refractivity contribution < 1.29 is 77.2 Å². The molecule has 0 aliphatic carbocycles. The van der Waals surface area contributed by atoms with E-state index in [-0.39, 0.29) is 77.2 Å². The summed E-state index contributed by atoms with van der Waals surface area (Å²) in [4.78, 5) is 0. The molecular weight excluding hydrogens is 225 g/mol. The Labute approximate surface area is 76.9 Å². The van der Waals surface area contributed by atoms with Crippen LogP contribution in [0.4, 0.5) is 0 Å². The van der Waals surface area contributed by atoms with Crippen LogP contribution in [0.2, 0.25) is 0 Å². The van der Waals surface area contributed by atoms with Crippen molar-refractivity contribution in [2.75, 3.05) is 0 Å². The molecule has 4 nitrogen and oxygen atoms in total. The van der Waals surface area contributed by atoms with Gasteiger partial charge in [-0.25, -0.2) is 0 Å². The topological polar surface area (TPSA) is 114 Å². The monoisotopic (exact) mass is 225 g/mol. The molecule has 7 heteroatoms. The summed E-state index contributed by atoms with van der Waals surface area (Å²) in [5, 5.41) is 0. The largest absolute Gasteiger partial charge is 4.00 e. The van der Waals surface area contributed by atoms with E-state index >= 15 is 0 Å². The van der Waals surface area contributed by atoms with Crippen LogP contribution in [0, 0.1) is 0 Å². The van der Waals surface area contributed by atoms with Gasteiger partial charge in [-0.1, -0.05) is 0 Å². The fourth-order valence-corrected chi connectivity index (χ4v) is 0. The summed E-state index contributed by atoms with van der Waals surface area (Å²) in [6, 6.07) is 0. The number of rotatable bonds is 0. The van der Waals surface area contributed by atoms with Gasteiger partial charge < -0.3 is 21.9 Å². The van der Waals surface area contributed by atoms with Crippen molar-refractivity contribution in [2.45, 2.75) is 0 Å². The molecule has 45 valence electrons. The average molecular weight is 225 g/mol. The van der Waals surface area contributed by atoms with E-state index in [1.807, 2.05) is 0 Å². The molecule has 0 aromatic heterocycles. The molecule has 1 radical (unpaired) electrons. The predicted octanol–water partition coefficient (Wildman–Crippen LogP) is -0.483. The summed E-state index contributed by atoms with van der Waals surface area (Å²) in [5.74, 6) is 0. The Hall–Kier alpha value is 1.57.